The number of hydrogen-bond acceptors (Lipinski definition) is 1. The van der Waals surface area contributed by atoms with Crippen LogP contribution < -0.4 is 0 Å². The molecule has 0 aliphatic carbocycles. The summed E-state index contributed by atoms with van der Waals surface area (Å²) in [5.74, 6) is 0.482. The molecule has 1 rings (SSSR count). The van der Waals surface area contributed by atoms with Crippen LogP contribution in [-0.4, -0.2) is 18.5 Å². The van der Waals surface area contributed by atoms with Crippen molar-refractivity contribution < 1.29 is 4.74 Å². The normalized spacial score (nSPS) is 12.7. The second-order valence-electron chi connectivity index (χ2n) is 3.39. The van der Waals surface area contributed by atoms with Gasteiger partial charge in [-0.15, -0.1) is 0 Å². The van der Waals surface area contributed by atoms with Crippen LogP contribution in [0.3, 0.4) is 0 Å². The summed E-state index contributed by atoms with van der Waals surface area (Å²) in [6, 6.07) is 8.04. The Balaban J connectivity index is 2.57. The van der Waals surface area contributed by atoms with Gasteiger partial charge in [-0.25, -0.2) is 0 Å². The van der Waals surface area contributed by atoms with Gasteiger partial charge >= 0.3 is 0 Å². The first-order valence-electron chi connectivity index (χ1n) is 5.17. The summed E-state index contributed by atoms with van der Waals surface area (Å²) in [5, 5.41) is 1.75. The molecule has 3 heteroatoms. The minimum Gasteiger partial charge on any atom is -0.382 e. The van der Waals surface area contributed by atoms with E-state index in [0.29, 0.717) is 5.92 Å². The second kappa shape index (κ2) is 7.26. The fourth-order valence-electron chi connectivity index (χ4n) is 1.46. The van der Waals surface area contributed by atoms with Gasteiger partial charge < -0.3 is 4.74 Å². The average Bonchev–Trinajstić information content (AvgIpc) is 2.24. The number of halogens is 2. The van der Waals surface area contributed by atoms with Crippen molar-refractivity contribution in [1.82, 2.24) is 0 Å². The first-order chi connectivity index (χ1) is 7.27. The first-order valence-corrected chi connectivity index (χ1v) is 6.67. The van der Waals surface area contributed by atoms with Crippen LogP contribution in [0.4, 0.5) is 0 Å². The maximum absolute atomic E-state index is 5.96. The molecule has 0 spiro atoms. The Morgan fingerprint density at radius 2 is 2.27 bits per heavy atom. The molecule has 1 aromatic carbocycles. The predicted octanol–water partition coefficient (Wildman–Crippen LogP) is 4.25. The van der Waals surface area contributed by atoms with E-state index in [2.05, 4.69) is 22.0 Å². The van der Waals surface area contributed by atoms with E-state index in [4.69, 9.17) is 16.3 Å². The molecule has 15 heavy (non-hydrogen) atoms. The summed E-state index contributed by atoms with van der Waals surface area (Å²) in [7, 11) is 0. The van der Waals surface area contributed by atoms with Crippen molar-refractivity contribution in [2.24, 2.45) is 0 Å². The van der Waals surface area contributed by atoms with Crippen LogP contribution >= 0.6 is 27.5 Å². The number of ether oxygens (including phenoxy) is 1. The van der Waals surface area contributed by atoms with Gasteiger partial charge in [-0.3, -0.25) is 0 Å². The Morgan fingerprint density at radius 3 is 2.87 bits per heavy atom. The van der Waals surface area contributed by atoms with Crippen molar-refractivity contribution in [1.29, 1.82) is 0 Å². The number of benzene rings is 1. The molecule has 0 radical (unpaired) electrons. The van der Waals surface area contributed by atoms with Gasteiger partial charge in [-0.1, -0.05) is 39.7 Å². The van der Waals surface area contributed by atoms with Crippen LogP contribution in [0.5, 0.6) is 0 Å². The molecule has 0 aliphatic rings. The zero-order valence-electron chi connectivity index (χ0n) is 8.88. The third-order valence-electron chi connectivity index (χ3n) is 2.32. The van der Waals surface area contributed by atoms with E-state index in [1.54, 1.807) is 0 Å². The van der Waals surface area contributed by atoms with Crippen LogP contribution in [0.1, 0.15) is 24.8 Å². The summed E-state index contributed by atoms with van der Waals surface area (Å²) in [5.41, 5.74) is 1.28. The lowest BCUT2D eigenvalue weighted by Crippen LogP contribution is -2.05. The fraction of sp³-hybridized carbons (Fsp3) is 0.500. The SMILES string of the molecule is CCOCCC(CBr)c1cccc(Cl)c1. The van der Waals surface area contributed by atoms with Crippen molar-refractivity contribution >= 4 is 27.5 Å². The molecular weight excluding hydrogens is 275 g/mol. The van der Waals surface area contributed by atoms with E-state index in [-0.39, 0.29) is 0 Å². The number of hydrogen-bond donors (Lipinski definition) is 0. The van der Waals surface area contributed by atoms with Gasteiger partial charge in [0.15, 0.2) is 0 Å². The Labute approximate surface area is 105 Å². The second-order valence-corrected chi connectivity index (χ2v) is 4.48. The highest BCUT2D eigenvalue weighted by Crippen LogP contribution is 2.24. The molecule has 0 aliphatic heterocycles. The summed E-state index contributed by atoms with van der Waals surface area (Å²) >= 11 is 9.49. The zero-order valence-corrected chi connectivity index (χ0v) is 11.2. The minimum absolute atomic E-state index is 0.482. The summed E-state index contributed by atoms with van der Waals surface area (Å²) in [6.45, 7) is 3.60. The summed E-state index contributed by atoms with van der Waals surface area (Å²) < 4.78 is 5.36. The van der Waals surface area contributed by atoms with Gasteiger partial charge in [0.05, 0.1) is 0 Å². The lowest BCUT2D eigenvalue weighted by molar-refractivity contribution is 0.141. The Kier molecular flexibility index (Phi) is 6.30. The average molecular weight is 292 g/mol. The first kappa shape index (κ1) is 13.0. The predicted molar refractivity (Wildman–Crippen MR) is 69.1 cm³/mol. The maximum atomic E-state index is 5.96. The molecule has 0 saturated heterocycles. The molecule has 1 atom stereocenters. The van der Waals surface area contributed by atoms with Crippen LogP contribution in [0.2, 0.25) is 5.02 Å². The molecule has 0 fully saturated rings. The maximum Gasteiger partial charge on any atom is 0.0472 e. The van der Waals surface area contributed by atoms with Crippen molar-refractivity contribution in [2.45, 2.75) is 19.3 Å². The molecule has 0 bridgehead atoms. The Bertz CT molecular complexity index is 291. The van der Waals surface area contributed by atoms with Crippen LogP contribution in [0, 0.1) is 0 Å². The molecule has 0 heterocycles. The summed E-state index contributed by atoms with van der Waals surface area (Å²) in [6.07, 6.45) is 1.03. The minimum atomic E-state index is 0.482. The van der Waals surface area contributed by atoms with Gasteiger partial charge in [0.25, 0.3) is 0 Å². The van der Waals surface area contributed by atoms with E-state index in [1.807, 2.05) is 25.1 Å². The molecule has 1 nitrogen and oxygen atoms in total. The van der Waals surface area contributed by atoms with Crippen molar-refractivity contribution in [3.05, 3.63) is 34.9 Å². The lowest BCUT2D eigenvalue weighted by Gasteiger charge is -2.14. The zero-order chi connectivity index (χ0) is 11.1. The lowest BCUT2D eigenvalue weighted by atomic mass is 9.98. The van der Waals surface area contributed by atoms with Gasteiger partial charge in [-0.05, 0) is 37.0 Å². The summed E-state index contributed by atoms with van der Waals surface area (Å²) in [4.78, 5) is 0. The highest BCUT2D eigenvalue weighted by atomic mass is 79.9. The van der Waals surface area contributed by atoms with Crippen LogP contribution in [-0.2, 0) is 4.74 Å². The smallest absolute Gasteiger partial charge is 0.0472 e. The topological polar surface area (TPSA) is 9.23 Å². The molecule has 84 valence electrons. The fourth-order valence-corrected chi connectivity index (χ4v) is 2.36. The highest BCUT2D eigenvalue weighted by molar-refractivity contribution is 9.09. The highest BCUT2D eigenvalue weighted by Gasteiger charge is 2.09. The van der Waals surface area contributed by atoms with E-state index < -0.39 is 0 Å². The van der Waals surface area contributed by atoms with Crippen molar-refractivity contribution in [3.63, 3.8) is 0 Å². The Morgan fingerprint density at radius 1 is 1.47 bits per heavy atom. The molecular formula is C12H16BrClO. The molecule has 0 saturated carbocycles. The standard InChI is InChI=1S/C12H16BrClO/c1-2-15-7-6-11(9-13)10-4-3-5-12(14)8-10/h3-5,8,11H,2,6-7,9H2,1H3. The molecule has 1 aromatic rings. The van der Waals surface area contributed by atoms with Crippen molar-refractivity contribution in [3.8, 4) is 0 Å². The van der Waals surface area contributed by atoms with Crippen molar-refractivity contribution in [2.75, 3.05) is 18.5 Å². The van der Waals surface area contributed by atoms with Crippen LogP contribution in [0.25, 0.3) is 0 Å². The van der Waals surface area contributed by atoms with E-state index in [9.17, 15) is 0 Å². The van der Waals surface area contributed by atoms with Gasteiger partial charge in [0.2, 0.25) is 0 Å². The van der Waals surface area contributed by atoms with Crippen LogP contribution in [0.15, 0.2) is 24.3 Å². The number of alkyl halides is 1. The quantitative estimate of drug-likeness (QED) is 0.562. The van der Waals surface area contributed by atoms with E-state index in [1.165, 1.54) is 5.56 Å². The van der Waals surface area contributed by atoms with Gasteiger partial charge in [0, 0.05) is 23.6 Å². The van der Waals surface area contributed by atoms with Gasteiger partial charge in [-0.2, -0.15) is 0 Å². The molecule has 0 aromatic heterocycles. The van der Waals surface area contributed by atoms with Gasteiger partial charge in [0.1, 0.15) is 0 Å². The number of rotatable bonds is 6. The molecule has 1 unspecified atom stereocenters. The largest absolute Gasteiger partial charge is 0.382 e. The monoisotopic (exact) mass is 290 g/mol. The van der Waals surface area contributed by atoms with E-state index >= 15 is 0 Å². The molecule has 0 amide bonds. The Hall–Kier alpha value is -0.0500. The third kappa shape index (κ3) is 4.54. The molecule has 0 N–H and O–H groups in total. The van der Waals surface area contributed by atoms with E-state index in [0.717, 1.165) is 30.0 Å². The third-order valence-corrected chi connectivity index (χ3v) is 3.34.